The third-order valence-electron chi connectivity index (χ3n) is 2.32. The normalized spacial score (nSPS) is 12.6. The van der Waals surface area contributed by atoms with E-state index in [1.807, 2.05) is 0 Å². The molecule has 1 aromatic rings. The lowest BCUT2D eigenvalue weighted by Gasteiger charge is -2.14. The van der Waals surface area contributed by atoms with Crippen molar-refractivity contribution in [2.24, 2.45) is 0 Å². The van der Waals surface area contributed by atoms with E-state index in [1.54, 1.807) is 6.92 Å². The summed E-state index contributed by atoms with van der Waals surface area (Å²) in [5.41, 5.74) is 5.81. The molecule has 0 amide bonds. The summed E-state index contributed by atoms with van der Waals surface area (Å²) in [6.07, 6.45) is -0.0805. The smallest absolute Gasteiger partial charge is 0.387 e. The summed E-state index contributed by atoms with van der Waals surface area (Å²) in [6, 6.07) is 1.93. The van der Waals surface area contributed by atoms with Crippen LogP contribution in [0.25, 0.3) is 0 Å². The van der Waals surface area contributed by atoms with Gasteiger partial charge in [-0.15, -0.1) is 0 Å². The van der Waals surface area contributed by atoms with E-state index in [9.17, 15) is 18.3 Å². The Bertz CT molecular complexity index is 402. The van der Waals surface area contributed by atoms with E-state index in [4.69, 9.17) is 5.73 Å². The van der Waals surface area contributed by atoms with Gasteiger partial charge in [0.15, 0.2) is 11.6 Å². The standard InChI is InChI=1S/C11H15F3N2O2/c1-2-6(17)5-16-9-4-10(18-11(13)14)7(12)3-8(9)15/h3-4,6,11,16-17H,2,5,15H2,1H3. The van der Waals surface area contributed by atoms with Crippen LogP contribution < -0.4 is 15.8 Å². The zero-order valence-electron chi connectivity index (χ0n) is 9.79. The van der Waals surface area contributed by atoms with Gasteiger partial charge in [0.1, 0.15) is 0 Å². The summed E-state index contributed by atoms with van der Waals surface area (Å²) >= 11 is 0. The molecule has 0 aliphatic carbocycles. The van der Waals surface area contributed by atoms with Crippen LogP contribution in [0.15, 0.2) is 12.1 Å². The molecule has 0 radical (unpaired) electrons. The van der Waals surface area contributed by atoms with E-state index in [0.717, 1.165) is 12.1 Å². The lowest BCUT2D eigenvalue weighted by Crippen LogP contribution is -2.19. The zero-order valence-corrected chi connectivity index (χ0v) is 9.79. The Hall–Kier alpha value is -1.63. The highest BCUT2D eigenvalue weighted by Crippen LogP contribution is 2.29. The molecule has 0 saturated carbocycles. The van der Waals surface area contributed by atoms with Crippen molar-refractivity contribution in [3.63, 3.8) is 0 Å². The Balaban J connectivity index is 2.84. The maximum absolute atomic E-state index is 13.2. The molecule has 1 rings (SSSR count). The van der Waals surface area contributed by atoms with Crippen molar-refractivity contribution in [2.45, 2.75) is 26.1 Å². The molecule has 1 aromatic carbocycles. The van der Waals surface area contributed by atoms with Crippen molar-refractivity contribution in [3.05, 3.63) is 17.9 Å². The number of alkyl halides is 2. The van der Waals surface area contributed by atoms with Gasteiger partial charge in [-0.25, -0.2) is 4.39 Å². The van der Waals surface area contributed by atoms with Gasteiger partial charge in [-0.3, -0.25) is 0 Å². The van der Waals surface area contributed by atoms with Crippen molar-refractivity contribution < 1.29 is 23.0 Å². The number of nitrogen functional groups attached to an aromatic ring is 1. The number of halogens is 3. The number of anilines is 2. The van der Waals surface area contributed by atoms with Crippen LogP contribution in [0.1, 0.15) is 13.3 Å². The molecular formula is C11H15F3N2O2. The summed E-state index contributed by atoms with van der Waals surface area (Å²) in [5.74, 6) is -1.55. The van der Waals surface area contributed by atoms with Gasteiger partial charge in [0.05, 0.1) is 17.5 Å². The SMILES string of the molecule is CCC(O)CNc1cc(OC(F)F)c(F)cc1N. The van der Waals surface area contributed by atoms with Crippen LogP contribution in [0, 0.1) is 5.82 Å². The van der Waals surface area contributed by atoms with E-state index < -0.39 is 24.3 Å². The van der Waals surface area contributed by atoms with Crippen LogP contribution in [-0.4, -0.2) is 24.4 Å². The first-order valence-electron chi connectivity index (χ1n) is 5.39. The fourth-order valence-corrected chi connectivity index (χ4v) is 1.28. The predicted octanol–water partition coefficient (Wildman–Crippen LogP) is 2.19. The number of hydrogen-bond donors (Lipinski definition) is 3. The van der Waals surface area contributed by atoms with Gasteiger partial charge in [0.25, 0.3) is 0 Å². The molecule has 1 atom stereocenters. The van der Waals surface area contributed by atoms with Crippen molar-refractivity contribution in [1.29, 1.82) is 0 Å². The lowest BCUT2D eigenvalue weighted by atomic mass is 10.2. The molecule has 0 saturated heterocycles. The average molecular weight is 264 g/mol. The van der Waals surface area contributed by atoms with Gasteiger partial charge < -0.3 is 20.9 Å². The molecule has 0 spiro atoms. The van der Waals surface area contributed by atoms with Gasteiger partial charge >= 0.3 is 6.61 Å². The van der Waals surface area contributed by atoms with Gasteiger partial charge in [-0.05, 0) is 6.42 Å². The Morgan fingerprint density at radius 3 is 2.67 bits per heavy atom. The molecular weight excluding hydrogens is 249 g/mol. The average Bonchev–Trinajstić information content (AvgIpc) is 2.30. The third kappa shape index (κ3) is 3.99. The van der Waals surface area contributed by atoms with Crippen LogP contribution in [-0.2, 0) is 0 Å². The number of aliphatic hydroxyl groups excluding tert-OH is 1. The minimum absolute atomic E-state index is 0.0532. The van der Waals surface area contributed by atoms with E-state index in [1.165, 1.54) is 0 Å². The summed E-state index contributed by atoms with van der Waals surface area (Å²) < 4.78 is 41.3. The second kappa shape index (κ2) is 6.34. The second-order valence-corrected chi connectivity index (χ2v) is 3.69. The summed E-state index contributed by atoms with van der Waals surface area (Å²) in [5, 5.41) is 12.1. The van der Waals surface area contributed by atoms with Crippen molar-refractivity contribution >= 4 is 11.4 Å². The van der Waals surface area contributed by atoms with Crippen molar-refractivity contribution in [1.82, 2.24) is 0 Å². The number of hydrogen-bond acceptors (Lipinski definition) is 4. The summed E-state index contributed by atoms with van der Waals surface area (Å²) in [6.45, 7) is -1.15. The molecule has 18 heavy (non-hydrogen) atoms. The third-order valence-corrected chi connectivity index (χ3v) is 2.32. The molecule has 0 aromatic heterocycles. The maximum atomic E-state index is 13.2. The van der Waals surface area contributed by atoms with Crippen LogP contribution in [0.5, 0.6) is 5.75 Å². The van der Waals surface area contributed by atoms with E-state index in [0.29, 0.717) is 6.42 Å². The molecule has 0 bridgehead atoms. The van der Waals surface area contributed by atoms with Crippen LogP contribution in [0.3, 0.4) is 0 Å². The fraction of sp³-hybridized carbons (Fsp3) is 0.455. The van der Waals surface area contributed by atoms with E-state index in [-0.39, 0.29) is 17.9 Å². The maximum Gasteiger partial charge on any atom is 0.387 e. The minimum atomic E-state index is -3.11. The molecule has 0 fully saturated rings. The molecule has 0 aliphatic rings. The number of aliphatic hydroxyl groups is 1. The topological polar surface area (TPSA) is 67.5 Å². The molecule has 4 N–H and O–H groups in total. The molecule has 4 nitrogen and oxygen atoms in total. The number of ether oxygens (including phenoxy) is 1. The Morgan fingerprint density at radius 2 is 2.11 bits per heavy atom. The van der Waals surface area contributed by atoms with Crippen LogP contribution in [0.2, 0.25) is 0 Å². The van der Waals surface area contributed by atoms with Gasteiger partial charge in [-0.1, -0.05) is 6.92 Å². The number of benzene rings is 1. The number of nitrogens with two attached hydrogens (primary N) is 1. The fourth-order valence-electron chi connectivity index (χ4n) is 1.28. The minimum Gasteiger partial charge on any atom is -0.432 e. The highest BCUT2D eigenvalue weighted by Gasteiger charge is 2.13. The van der Waals surface area contributed by atoms with Crippen LogP contribution in [0.4, 0.5) is 24.5 Å². The summed E-state index contributed by atoms with van der Waals surface area (Å²) in [4.78, 5) is 0. The highest BCUT2D eigenvalue weighted by molar-refractivity contribution is 5.68. The molecule has 0 heterocycles. The number of rotatable bonds is 6. The molecule has 0 aliphatic heterocycles. The second-order valence-electron chi connectivity index (χ2n) is 3.69. The monoisotopic (exact) mass is 264 g/mol. The quantitative estimate of drug-likeness (QED) is 0.689. The predicted molar refractivity (Wildman–Crippen MR) is 62.2 cm³/mol. The molecule has 1 unspecified atom stereocenters. The number of nitrogens with one attached hydrogen (secondary N) is 1. The van der Waals surface area contributed by atoms with Gasteiger partial charge in [0, 0.05) is 18.7 Å². The van der Waals surface area contributed by atoms with Gasteiger partial charge in [0.2, 0.25) is 0 Å². The largest absolute Gasteiger partial charge is 0.432 e. The van der Waals surface area contributed by atoms with E-state index in [2.05, 4.69) is 10.1 Å². The van der Waals surface area contributed by atoms with E-state index >= 15 is 0 Å². The molecule has 102 valence electrons. The molecule has 7 heteroatoms. The highest BCUT2D eigenvalue weighted by atomic mass is 19.3. The first-order chi connectivity index (χ1) is 8.43. The van der Waals surface area contributed by atoms with Crippen LogP contribution >= 0.6 is 0 Å². The summed E-state index contributed by atoms with van der Waals surface area (Å²) in [7, 11) is 0. The Morgan fingerprint density at radius 1 is 1.44 bits per heavy atom. The Kier molecular flexibility index (Phi) is 5.08. The first-order valence-corrected chi connectivity index (χ1v) is 5.39. The first kappa shape index (κ1) is 14.4. The Labute approximate surface area is 103 Å². The zero-order chi connectivity index (χ0) is 13.7. The van der Waals surface area contributed by atoms with Crippen molar-refractivity contribution in [3.8, 4) is 5.75 Å². The van der Waals surface area contributed by atoms with Gasteiger partial charge in [-0.2, -0.15) is 8.78 Å². The lowest BCUT2D eigenvalue weighted by molar-refractivity contribution is -0.0521. The van der Waals surface area contributed by atoms with Crippen molar-refractivity contribution in [2.75, 3.05) is 17.6 Å².